The van der Waals surface area contributed by atoms with Crippen LogP contribution in [0, 0.1) is 0 Å². The second-order valence-corrected chi connectivity index (χ2v) is 6.59. The van der Waals surface area contributed by atoms with Gasteiger partial charge in [0.1, 0.15) is 5.75 Å². The average Bonchev–Trinajstić information content (AvgIpc) is 2.79. The molecule has 2 aromatic carbocycles. The zero-order chi connectivity index (χ0) is 15.7. The van der Waals surface area contributed by atoms with E-state index in [1.54, 1.807) is 0 Å². The standard InChI is InChI=1S/C17H13Br2NO2/c1-2-22-12-4-5-15(19)10(7-12)8-14-13-9-11(18)3-6-16(13)20-17(14)21/h3-9H,2H2,1H3,(H,20,21)/b14-8-. The van der Waals surface area contributed by atoms with Gasteiger partial charge in [0, 0.05) is 25.8 Å². The van der Waals surface area contributed by atoms with E-state index < -0.39 is 0 Å². The number of carbonyl (C=O) groups excluding carboxylic acids is 1. The molecule has 0 unspecified atom stereocenters. The fourth-order valence-electron chi connectivity index (χ4n) is 2.35. The number of rotatable bonds is 3. The van der Waals surface area contributed by atoms with Crippen LogP contribution in [0.25, 0.3) is 11.6 Å². The van der Waals surface area contributed by atoms with Gasteiger partial charge >= 0.3 is 0 Å². The lowest BCUT2D eigenvalue weighted by molar-refractivity contribution is -0.110. The summed E-state index contributed by atoms with van der Waals surface area (Å²) in [6.07, 6.45) is 1.88. The Balaban J connectivity index is 2.08. The molecule has 5 heteroatoms. The number of benzene rings is 2. The van der Waals surface area contributed by atoms with Crippen molar-refractivity contribution in [2.45, 2.75) is 6.92 Å². The largest absolute Gasteiger partial charge is 0.494 e. The third kappa shape index (κ3) is 2.96. The van der Waals surface area contributed by atoms with Crippen molar-refractivity contribution < 1.29 is 9.53 Å². The Morgan fingerprint density at radius 2 is 2.00 bits per heavy atom. The van der Waals surface area contributed by atoms with E-state index in [4.69, 9.17) is 4.74 Å². The first kappa shape index (κ1) is 15.3. The minimum Gasteiger partial charge on any atom is -0.494 e. The van der Waals surface area contributed by atoms with E-state index in [9.17, 15) is 4.79 Å². The Hall–Kier alpha value is -1.59. The van der Waals surface area contributed by atoms with Crippen LogP contribution in [-0.4, -0.2) is 12.5 Å². The SMILES string of the molecule is CCOc1ccc(Br)c(/C=C2\C(=O)Nc3ccc(Br)cc32)c1. The maximum absolute atomic E-state index is 12.2. The number of hydrogen-bond donors (Lipinski definition) is 1. The van der Waals surface area contributed by atoms with Crippen LogP contribution in [0.15, 0.2) is 45.3 Å². The first-order valence-electron chi connectivity index (χ1n) is 6.84. The summed E-state index contributed by atoms with van der Waals surface area (Å²) in [5.74, 6) is 0.687. The average molecular weight is 423 g/mol. The highest BCUT2D eigenvalue weighted by Gasteiger charge is 2.24. The molecule has 1 heterocycles. The molecule has 1 aliphatic heterocycles. The van der Waals surface area contributed by atoms with Crippen molar-refractivity contribution in [3.8, 4) is 5.75 Å². The van der Waals surface area contributed by atoms with Gasteiger partial charge in [0.2, 0.25) is 0 Å². The van der Waals surface area contributed by atoms with Gasteiger partial charge < -0.3 is 10.1 Å². The molecule has 0 saturated heterocycles. The van der Waals surface area contributed by atoms with Crippen molar-refractivity contribution in [3.63, 3.8) is 0 Å². The second kappa shape index (κ2) is 6.26. The molecule has 1 aliphatic rings. The quantitative estimate of drug-likeness (QED) is 0.698. The third-order valence-electron chi connectivity index (χ3n) is 3.34. The molecule has 0 radical (unpaired) electrons. The summed E-state index contributed by atoms with van der Waals surface area (Å²) in [6.45, 7) is 2.55. The maximum Gasteiger partial charge on any atom is 0.256 e. The highest BCUT2D eigenvalue weighted by atomic mass is 79.9. The van der Waals surface area contributed by atoms with Crippen LogP contribution in [0.4, 0.5) is 5.69 Å². The molecule has 2 aromatic rings. The number of nitrogens with one attached hydrogen (secondary N) is 1. The Bertz CT molecular complexity index is 784. The van der Waals surface area contributed by atoms with Gasteiger partial charge in [0.05, 0.1) is 6.61 Å². The van der Waals surface area contributed by atoms with E-state index in [2.05, 4.69) is 37.2 Å². The zero-order valence-electron chi connectivity index (χ0n) is 11.8. The molecule has 112 valence electrons. The summed E-state index contributed by atoms with van der Waals surface area (Å²) >= 11 is 6.97. The molecule has 0 fully saturated rings. The van der Waals surface area contributed by atoms with Gasteiger partial charge in [-0.1, -0.05) is 31.9 Å². The first-order valence-corrected chi connectivity index (χ1v) is 8.42. The molecular weight excluding hydrogens is 410 g/mol. The molecule has 3 nitrogen and oxygen atoms in total. The van der Waals surface area contributed by atoms with E-state index in [0.717, 1.165) is 31.5 Å². The van der Waals surface area contributed by atoms with Crippen LogP contribution >= 0.6 is 31.9 Å². The van der Waals surface area contributed by atoms with Gasteiger partial charge in [0.15, 0.2) is 0 Å². The molecule has 0 spiro atoms. The van der Waals surface area contributed by atoms with Crippen LogP contribution in [0.1, 0.15) is 18.1 Å². The molecule has 0 saturated carbocycles. The van der Waals surface area contributed by atoms with E-state index in [1.165, 1.54) is 0 Å². The van der Waals surface area contributed by atoms with Crippen LogP contribution < -0.4 is 10.1 Å². The predicted molar refractivity (Wildman–Crippen MR) is 96.0 cm³/mol. The highest BCUT2D eigenvalue weighted by molar-refractivity contribution is 9.10. The van der Waals surface area contributed by atoms with Crippen molar-refractivity contribution in [2.24, 2.45) is 0 Å². The summed E-state index contributed by atoms with van der Waals surface area (Å²) < 4.78 is 7.38. The topological polar surface area (TPSA) is 38.3 Å². The van der Waals surface area contributed by atoms with E-state index in [1.807, 2.05) is 49.4 Å². The lowest BCUT2D eigenvalue weighted by atomic mass is 10.0. The first-order chi connectivity index (χ1) is 10.6. The molecule has 1 amide bonds. The van der Waals surface area contributed by atoms with Crippen molar-refractivity contribution >= 4 is 55.1 Å². The monoisotopic (exact) mass is 421 g/mol. The summed E-state index contributed by atoms with van der Waals surface area (Å²) in [4.78, 5) is 12.2. The van der Waals surface area contributed by atoms with Gasteiger partial charge in [-0.15, -0.1) is 0 Å². The molecular formula is C17H13Br2NO2. The van der Waals surface area contributed by atoms with Crippen LogP contribution in [0.5, 0.6) is 5.75 Å². The number of fused-ring (bicyclic) bond motifs is 1. The second-order valence-electron chi connectivity index (χ2n) is 4.82. The van der Waals surface area contributed by atoms with Gasteiger partial charge in [-0.2, -0.15) is 0 Å². The maximum atomic E-state index is 12.2. The van der Waals surface area contributed by atoms with Gasteiger partial charge in [-0.05, 0) is 55.0 Å². The summed E-state index contributed by atoms with van der Waals surface area (Å²) in [6, 6.07) is 11.5. The number of amides is 1. The highest BCUT2D eigenvalue weighted by Crippen LogP contribution is 2.36. The van der Waals surface area contributed by atoms with E-state index in [-0.39, 0.29) is 5.91 Å². The minimum atomic E-state index is -0.0955. The van der Waals surface area contributed by atoms with Crippen molar-refractivity contribution in [1.29, 1.82) is 0 Å². The fourth-order valence-corrected chi connectivity index (χ4v) is 3.07. The normalized spacial score (nSPS) is 14.9. The van der Waals surface area contributed by atoms with Crippen LogP contribution in [0.2, 0.25) is 0 Å². The minimum absolute atomic E-state index is 0.0955. The molecule has 3 rings (SSSR count). The number of hydrogen-bond acceptors (Lipinski definition) is 2. The summed E-state index contributed by atoms with van der Waals surface area (Å²) in [5.41, 5.74) is 3.28. The number of carbonyl (C=O) groups is 1. The number of ether oxygens (including phenoxy) is 1. The molecule has 0 aliphatic carbocycles. The van der Waals surface area contributed by atoms with E-state index in [0.29, 0.717) is 12.2 Å². The molecule has 0 bridgehead atoms. The van der Waals surface area contributed by atoms with Crippen molar-refractivity contribution in [1.82, 2.24) is 0 Å². The van der Waals surface area contributed by atoms with Gasteiger partial charge in [0.25, 0.3) is 5.91 Å². The third-order valence-corrected chi connectivity index (χ3v) is 4.56. The predicted octanol–water partition coefficient (Wildman–Crippen LogP) is 5.10. The molecule has 0 atom stereocenters. The summed E-state index contributed by atoms with van der Waals surface area (Å²) in [7, 11) is 0. The molecule has 1 N–H and O–H groups in total. The number of anilines is 1. The Labute approximate surface area is 145 Å². The Kier molecular flexibility index (Phi) is 4.36. The number of halogens is 2. The Morgan fingerprint density at radius 3 is 2.77 bits per heavy atom. The van der Waals surface area contributed by atoms with Crippen LogP contribution in [-0.2, 0) is 4.79 Å². The van der Waals surface area contributed by atoms with E-state index >= 15 is 0 Å². The van der Waals surface area contributed by atoms with Crippen molar-refractivity contribution in [3.05, 3.63) is 56.5 Å². The van der Waals surface area contributed by atoms with Gasteiger partial charge in [-0.3, -0.25) is 4.79 Å². The summed E-state index contributed by atoms with van der Waals surface area (Å²) in [5, 5.41) is 2.88. The lowest BCUT2D eigenvalue weighted by Gasteiger charge is -2.06. The van der Waals surface area contributed by atoms with Crippen LogP contribution in [0.3, 0.4) is 0 Å². The lowest BCUT2D eigenvalue weighted by Crippen LogP contribution is -2.03. The Morgan fingerprint density at radius 1 is 1.18 bits per heavy atom. The smallest absolute Gasteiger partial charge is 0.256 e. The molecule has 0 aromatic heterocycles. The van der Waals surface area contributed by atoms with Gasteiger partial charge in [-0.25, -0.2) is 0 Å². The fraction of sp³-hybridized carbons (Fsp3) is 0.118. The van der Waals surface area contributed by atoms with Crippen molar-refractivity contribution in [2.75, 3.05) is 11.9 Å². The zero-order valence-corrected chi connectivity index (χ0v) is 15.0. The molecule has 22 heavy (non-hydrogen) atoms.